The molecule has 1 fully saturated rings. The Morgan fingerprint density at radius 1 is 1.03 bits per heavy atom. The maximum absolute atomic E-state index is 12.7. The second kappa shape index (κ2) is 7.61. The van der Waals surface area contributed by atoms with Crippen molar-refractivity contribution in [1.82, 2.24) is 14.3 Å². The Bertz CT molecular complexity index is 1250. The third-order valence-electron chi connectivity index (χ3n) is 5.94. The molecule has 3 heterocycles. The Hall–Kier alpha value is -3.12. The fourth-order valence-electron chi connectivity index (χ4n) is 4.38. The Kier molecular flexibility index (Phi) is 4.79. The Morgan fingerprint density at radius 3 is 2.77 bits per heavy atom. The van der Waals surface area contributed by atoms with Crippen LogP contribution in [0.15, 0.2) is 48.5 Å². The number of nitrogens with zero attached hydrogens (tertiary/aromatic N) is 4. The average molecular weight is 402 g/mol. The van der Waals surface area contributed by atoms with E-state index in [1.54, 1.807) is 0 Å². The number of rotatable bonds is 3. The molecule has 0 bridgehead atoms. The molecule has 0 amide bonds. The van der Waals surface area contributed by atoms with Crippen LogP contribution in [0.5, 0.6) is 0 Å². The summed E-state index contributed by atoms with van der Waals surface area (Å²) in [5.74, 6) is -0.334. The summed E-state index contributed by atoms with van der Waals surface area (Å²) >= 11 is 0. The quantitative estimate of drug-likeness (QED) is 0.486. The number of carbonyl (C=O) groups excluding carboxylic acids is 1. The monoisotopic (exact) mass is 402 g/mol. The van der Waals surface area contributed by atoms with Gasteiger partial charge in [-0.1, -0.05) is 18.2 Å². The molecule has 0 N–H and O–H groups in total. The summed E-state index contributed by atoms with van der Waals surface area (Å²) in [7, 11) is 2.18. The molecule has 0 aliphatic carbocycles. The second-order valence-electron chi connectivity index (χ2n) is 7.93. The molecule has 5 rings (SSSR count). The van der Waals surface area contributed by atoms with E-state index < -0.39 is 0 Å². The number of anilines is 1. The summed E-state index contributed by atoms with van der Waals surface area (Å²) in [6.07, 6.45) is 1.15. The number of carbonyl (C=O) groups is 1. The van der Waals surface area contributed by atoms with E-state index in [0.29, 0.717) is 17.8 Å². The molecule has 154 valence electrons. The number of imidazole rings is 1. The van der Waals surface area contributed by atoms with Crippen LogP contribution >= 0.6 is 0 Å². The van der Waals surface area contributed by atoms with Crippen molar-refractivity contribution < 1.29 is 9.53 Å². The first-order chi connectivity index (χ1) is 14.7. The fourth-order valence-corrected chi connectivity index (χ4v) is 4.38. The van der Waals surface area contributed by atoms with Gasteiger partial charge in [-0.2, -0.15) is 0 Å². The minimum absolute atomic E-state index is 0.334. The van der Waals surface area contributed by atoms with Gasteiger partial charge >= 0.3 is 5.97 Å². The van der Waals surface area contributed by atoms with Crippen molar-refractivity contribution in [3.63, 3.8) is 0 Å². The standard InChI is InChI=1S/C24H26N4O2/c1-3-30-24(29)19-15-17-9-10-18(27-12-6-11-26(2)13-14-27)16-22(17)28-21-8-5-4-7-20(21)25-23(19)28/h4-5,7-10,15-16H,3,6,11-14H2,1-2H3. The van der Waals surface area contributed by atoms with Gasteiger partial charge < -0.3 is 14.5 Å². The van der Waals surface area contributed by atoms with Crippen molar-refractivity contribution >= 4 is 39.2 Å². The van der Waals surface area contributed by atoms with Crippen LogP contribution in [-0.2, 0) is 4.74 Å². The Balaban J connectivity index is 1.74. The normalized spacial score (nSPS) is 15.7. The van der Waals surface area contributed by atoms with E-state index in [-0.39, 0.29) is 5.97 Å². The molecule has 1 aliphatic rings. The number of fused-ring (bicyclic) bond motifs is 5. The first-order valence-electron chi connectivity index (χ1n) is 10.6. The highest BCUT2D eigenvalue weighted by Gasteiger charge is 2.20. The number of esters is 1. The van der Waals surface area contributed by atoms with Gasteiger partial charge in [-0.25, -0.2) is 9.78 Å². The van der Waals surface area contributed by atoms with Crippen molar-refractivity contribution in [3.8, 4) is 0 Å². The van der Waals surface area contributed by atoms with Crippen LogP contribution in [0.4, 0.5) is 5.69 Å². The highest BCUT2D eigenvalue weighted by Crippen LogP contribution is 2.30. The van der Waals surface area contributed by atoms with E-state index in [2.05, 4.69) is 45.5 Å². The molecule has 6 nitrogen and oxygen atoms in total. The lowest BCUT2D eigenvalue weighted by molar-refractivity contribution is 0.0528. The van der Waals surface area contributed by atoms with Crippen LogP contribution in [0.25, 0.3) is 27.6 Å². The molecule has 6 heteroatoms. The SMILES string of the molecule is CCOC(=O)c1cc2ccc(N3CCCN(C)CC3)cc2n2c1nc1ccccc12. The van der Waals surface area contributed by atoms with Crippen molar-refractivity contribution in [2.75, 3.05) is 44.7 Å². The topological polar surface area (TPSA) is 50.1 Å². The van der Waals surface area contributed by atoms with Crippen LogP contribution in [0.1, 0.15) is 23.7 Å². The first-order valence-corrected chi connectivity index (χ1v) is 10.6. The molecule has 0 spiro atoms. The van der Waals surface area contributed by atoms with E-state index in [1.165, 1.54) is 5.69 Å². The lowest BCUT2D eigenvalue weighted by Crippen LogP contribution is -2.28. The van der Waals surface area contributed by atoms with E-state index in [0.717, 1.165) is 54.5 Å². The number of aromatic nitrogens is 2. The lowest BCUT2D eigenvalue weighted by Gasteiger charge is -2.23. The van der Waals surface area contributed by atoms with Crippen molar-refractivity contribution in [1.29, 1.82) is 0 Å². The number of ether oxygens (including phenoxy) is 1. The number of likely N-dealkylation sites (N-methyl/N-ethyl adjacent to an activating group) is 1. The smallest absolute Gasteiger partial charge is 0.341 e. The largest absolute Gasteiger partial charge is 0.462 e. The van der Waals surface area contributed by atoms with Gasteiger partial charge in [0.15, 0.2) is 5.65 Å². The molecular formula is C24H26N4O2. The molecule has 4 aromatic rings. The van der Waals surface area contributed by atoms with Crippen molar-refractivity contribution in [3.05, 3.63) is 54.1 Å². The molecule has 1 aliphatic heterocycles. The summed E-state index contributed by atoms with van der Waals surface area (Å²) in [6, 6.07) is 16.4. The first kappa shape index (κ1) is 18.9. The molecule has 1 saturated heterocycles. The van der Waals surface area contributed by atoms with E-state index in [4.69, 9.17) is 9.72 Å². The third-order valence-corrected chi connectivity index (χ3v) is 5.94. The third kappa shape index (κ3) is 3.17. The van der Waals surface area contributed by atoms with Crippen LogP contribution < -0.4 is 4.90 Å². The minimum Gasteiger partial charge on any atom is -0.462 e. The zero-order valence-corrected chi connectivity index (χ0v) is 17.5. The van der Waals surface area contributed by atoms with Gasteiger partial charge in [0, 0.05) is 25.3 Å². The molecule has 2 aromatic carbocycles. The van der Waals surface area contributed by atoms with Gasteiger partial charge in [-0.15, -0.1) is 0 Å². The maximum atomic E-state index is 12.7. The zero-order chi connectivity index (χ0) is 20.7. The van der Waals surface area contributed by atoms with Gasteiger partial charge in [-0.05, 0) is 62.7 Å². The number of pyridine rings is 1. The highest BCUT2D eigenvalue weighted by molar-refractivity contribution is 6.04. The predicted molar refractivity (Wildman–Crippen MR) is 120 cm³/mol. The van der Waals surface area contributed by atoms with E-state index >= 15 is 0 Å². The summed E-state index contributed by atoms with van der Waals surface area (Å²) in [4.78, 5) is 22.3. The zero-order valence-electron chi connectivity index (χ0n) is 17.5. The summed E-state index contributed by atoms with van der Waals surface area (Å²) in [5.41, 5.74) is 5.29. The lowest BCUT2D eigenvalue weighted by atomic mass is 10.1. The van der Waals surface area contributed by atoms with Crippen LogP contribution in [-0.4, -0.2) is 60.1 Å². The number of benzene rings is 2. The van der Waals surface area contributed by atoms with E-state index in [1.807, 2.05) is 31.2 Å². The Labute approximate surface area is 175 Å². The molecule has 0 atom stereocenters. The number of para-hydroxylation sites is 2. The van der Waals surface area contributed by atoms with Gasteiger partial charge in [0.2, 0.25) is 0 Å². The molecule has 2 aromatic heterocycles. The van der Waals surface area contributed by atoms with Gasteiger partial charge in [-0.3, -0.25) is 4.40 Å². The molecule has 0 unspecified atom stereocenters. The van der Waals surface area contributed by atoms with Crippen molar-refractivity contribution in [2.24, 2.45) is 0 Å². The van der Waals surface area contributed by atoms with Crippen LogP contribution in [0, 0.1) is 0 Å². The molecular weight excluding hydrogens is 376 g/mol. The van der Waals surface area contributed by atoms with E-state index in [9.17, 15) is 4.79 Å². The van der Waals surface area contributed by atoms with Crippen LogP contribution in [0.2, 0.25) is 0 Å². The number of hydrogen-bond donors (Lipinski definition) is 0. The van der Waals surface area contributed by atoms with Gasteiger partial charge in [0.05, 0.1) is 23.2 Å². The molecule has 0 saturated carbocycles. The summed E-state index contributed by atoms with van der Waals surface area (Å²) < 4.78 is 7.42. The molecule has 30 heavy (non-hydrogen) atoms. The Morgan fingerprint density at radius 2 is 1.90 bits per heavy atom. The van der Waals surface area contributed by atoms with Gasteiger partial charge in [0.25, 0.3) is 0 Å². The van der Waals surface area contributed by atoms with Crippen molar-refractivity contribution in [2.45, 2.75) is 13.3 Å². The number of hydrogen-bond acceptors (Lipinski definition) is 5. The predicted octanol–water partition coefficient (Wildman–Crippen LogP) is 3.96. The van der Waals surface area contributed by atoms with Gasteiger partial charge in [0.1, 0.15) is 5.56 Å². The minimum atomic E-state index is -0.334. The second-order valence-corrected chi connectivity index (χ2v) is 7.93. The average Bonchev–Trinajstić information content (AvgIpc) is 3.01. The summed E-state index contributed by atoms with van der Waals surface area (Å²) in [5, 5.41) is 1.00. The molecule has 0 radical (unpaired) electrons. The van der Waals surface area contributed by atoms with Crippen LogP contribution in [0.3, 0.4) is 0 Å². The fraction of sp³-hybridized carbons (Fsp3) is 0.333. The summed E-state index contributed by atoms with van der Waals surface area (Å²) in [6.45, 7) is 6.41. The highest BCUT2D eigenvalue weighted by atomic mass is 16.5. The maximum Gasteiger partial charge on any atom is 0.341 e.